The van der Waals surface area contributed by atoms with Gasteiger partial charge in [-0.25, -0.2) is 0 Å². The zero-order valence-electron chi connectivity index (χ0n) is 6.93. The first-order valence-corrected chi connectivity index (χ1v) is 4.23. The van der Waals surface area contributed by atoms with E-state index in [1.165, 1.54) is 19.3 Å². The van der Waals surface area contributed by atoms with Gasteiger partial charge in [0, 0.05) is 0 Å². The molecule has 0 bridgehead atoms. The smallest absolute Gasteiger partial charge is 0.00165 e. The minimum absolute atomic E-state index is 0.582. The molecular weight excluding hydrogens is 122 g/mol. The fourth-order valence-electron chi connectivity index (χ4n) is 2.15. The van der Waals surface area contributed by atoms with Crippen LogP contribution in [0.1, 0.15) is 33.1 Å². The number of hydrogen-bond donors (Lipinski definition) is 1. The Balaban J connectivity index is 2.42. The van der Waals surface area contributed by atoms with Crippen LogP contribution in [-0.2, 0) is 0 Å². The summed E-state index contributed by atoms with van der Waals surface area (Å²) in [6, 6.07) is 0. The van der Waals surface area contributed by atoms with Gasteiger partial charge in [-0.1, -0.05) is 13.8 Å². The van der Waals surface area contributed by atoms with Crippen LogP contribution in [0, 0.1) is 23.2 Å². The normalized spacial score (nSPS) is 41.2. The maximum atomic E-state index is 7.15. The molecule has 0 aromatic carbocycles. The van der Waals surface area contributed by atoms with E-state index in [4.69, 9.17) is 5.41 Å². The van der Waals surface area contributed by atoms with E-state index in [1.807, 2.05) is 0 Å². The van der Waals surface area contributed by atoms with E-state index in [1.54, 1.807) is 6.21 Å². The molecule has 1 aliphatic rings. The third-order valence-corrected chi connectivity index (χ3v) is 2.45. The van der Waals surface area contributed by atoms with E-state index in [2.05, 4.69) is 13.8 Å². The number of hydrogen-bond acceptors (Lipinski definition) is 1. The summed E-state index contributed by atoms with van der Waals surface area (Å²) in [5.74, 6) is 2.27. The molecule has 1 nitrogen and oxygen atoms in total. The molecule has 2 unspecified atom stereocenters. The van der Waals surface area contributed by atoms with E-state index < -0.39 is 0 Å². The highest BCUT2D eigenvalue weighted by atomic mass is 14.4. The third kappa shape index (κ3) is 1.83. The van der Waals surface area contributed by atoms with Gasteiger partial charge in [0.1, 0.15) is 0 Å². The molecular formula is C9H17N. The molecule has 1 fully saturated rings. The fourth-order valence-corrected chi connectivity index (χ4v) is 2.15. The lowest BCUT2D eigenvalue weighted by atomic mass is 9.77. The molecule has 0 spiro atoms. The lowest BCUT2D eigenvalue weighted by Crippen LogP contribution is -2.19. The van der Waals surface area contributed by atoms with E-state index in [9.17, 15) is 0 Å². The van der Waals surface area contributed by atoms with Crippen LogP contribution in [0.25, 0.3) is 0 Å². The predicted molar refractivity (Wildman–Crippen MR) is 44.5 cm³/mol. The highest BCUT2D eigenvalue weighted by Crippen LogP contribution is 2.31. The Kier molecular flexibility index (Phi) is 2.47. The molecule has 0 saturated heterocycles. The Bertz CT molecular complexity index is 110. The van der Waals surface area contributed by atoms with Crippen molar-refractivity contribution in [2.24, 2.45) is 17.8 Å². The van der Waals surface area contributed by atoms with Crippen LogP contribution in [0.4, 0.5) is 0 Å². The quantitative estimate of drug-likeness (QED) is 0.540. The molecule has 2 atom stereocenters. The molecule has 0 heterocycles. The van der Waals surface area contributed by atoms with Crippen molar-refractivity contribution in [3.63, 3.8) is 0 Å². The van der Waals surface area contributed by atoms with Gasteiger partial charge in [-0.2, -0.15) is 0 Å². The molecule has 1 heteroatoms. The van der Waals surface area contributed by atoms with Crippen molar-refractivity contribution in [3.8, 4) is 0 Å². The molecule has 58 valence electrons. The lowest BCUT2D eigenvalue weighted by molar-refractivity contribution is 0.266. The molecule has 0 radical (unpaired) electrons. The number of rotatable bonds is 1. The van der Waals surface area contributed by atoms with Crippen LogP contribution in [0.2, 0.25) is 0 Å². The second kappa shape index (κ2) is 3.18. The molecule has 1 rings (SSSR count). The van der Waals surface area contributed by atoms with Gasteiger partial charge in [0.05, 0.1) is 0 Å². The van der Waals surface area contributed by atoms with Crippen molar-refractivity contribution in [2.45, 2.75) is 33.1 Å². The van der Waals surface area contributed by atoms with Gasteiger partial charge < -0.3 is 5.41 Å². The minimum Gasteiger partial charge on any atom is -0.313 e. The number of nitrogens with one attached hydrogen (secondary N) is 1. The zero-order valence-corrected chi connectivity index (χ0v) is 6.93. The monoisotopic (exact) mass is 139 g/mol. The Morgan fingerprint density at radius 2 is 1.60 bits per heavy atom. The zero-order chi connectivity index (χ0) is 7.56. The highest BCUT2D eigenvalue weighted by Gasteiger charge is 2.21. The summed E-state index contributed by atoms with van der Waals surface area (Å²) in [6.07, 6.45) is 5.48. The predicted octanol–water partition coefficient (Wildman–Crippen LogP) is 2.71. The van der Waals surface area contributed by atoms with Gasteiger partial charge >= 0.3 is 0 Å². The summed E-state index contributed by atoms with van der Waals surface area (Å²) >= 11 is 0. The van der Waals surface area contributed by atoms with E-state index >= 15 is 0 Å². The molecule has 0 aromatic heterocycles. The van der Waals surface area contributed by atoms with Crippen LogP contribution in [0.3, 0.4) is 0 Å². The van der Waals surface area contributed by atoms with Crippen molar-refractivity contribution in [1.82, 2.24) is 0 Å². The van der Waals surface area contributed by atoms with E-state index in [0.29, 0.717) is 5.92 Å². The van der Waals surface area contributed by atoms with Crippen molar-refractivity contribution < 1.29 is 0 Å². The Morgan fingerprint density at radius 3 is 2.00 bits per heavy atom. The van der Waals surface area contributed by atoms with Gasteiger partial charge in [0.15, 0.2) is 0 Å². The maximum absolute atomic E-state index is 7.15. The second-order valence-corrected chi connectivity index (χ2v) is 3.84. The van der Waals surface area contributed by atoms with Crippen LogP contribution in [0.15, 0.2) is 0 Å². The first-order chi connectivity index (χ1) is 4.72. The average Bonchev–Trinajstić information content (AvgIpc) is 1.85. The van der Waals surface area contributed by atoms with Gasteiger partial charge in [-0.3, -0.25) is 0 Å². The van der Waals surface area contributed by atoms with Crippen LogP contribution >= 0.6 is 0 Å². The van der Waals surface area contributed by atoms with E-state index in [-0.39, 0.29) is 0 Å². The summed E-state index contributed by atoms with van der Waals surface area (Å²) in [5.41, 5.74) is 0. The molecule has 10 heavy (non-hydrogen) atoms. The van der Waals surface area contributed by atoms with Gasteiger partial charge in [-0.15, -0.1) is 0 Å². The molecule has 0 amide bonds. The molecule has 1 aliphatic carbocycles. The molecule has 0 aliphatic heterocycles. The highest BCUT2D eigenvalue weighted by molar-refractivity contribution is 5.56. The summed E-state index contributed by atoms with van der Waals surface area (Å²) in [6.45, 7) is 4.60. The topological polar surface area (TPSA) is 23.9 Å². The van der Waals surface area contributed by atoms with Gasteiger partial charge in [-0.05, 0) is 43.2 Å². The Morgan fingerprint density at radius 1 is 1.10 bits per heavy atom. The summed E-state index contributed by atoms with van der Waals surface area (Å²) in [5, 5.41) is 7.15. The minimum atomic E-state index is 0.582. The van der Waals surface area contributed by atoms with Crippen LogP contribution in [0.5, 0.6) is 0 Å². The van der Waals surface area contributed by atoms with Gasteiger partial charge in [0.25, 0.3) is 0 Å². The summed E-state index contributed by atoms with van der Waals surface area (Å²) in [4.78, 5) is 0. The van der Waals surface area contributed by atoms with Crippen molar-refractivity contribution >= 4 is 6.21 Å². The average molecular weight is 139 g/mol. The first-order valence-electron chi connectivity index (χ1n) is 4.23. The fraction of sp³-hybridized carbons (Fsp3) is 0.889. The van der Waals surface area contributed by atoms with E-state index in [0.717, 1.165) is 11.8 Å². The van der Waals surface area contributed by atoms with Crippen molar-refractivity contribution in [2.75, 3.05) is 0 Å². The first kappa shape index (κ1) is 7.77. The lowest BCUT2D eigenvalue weighted by Gasteiger charge is -2.28. The second-order valence-electron chi connectivity index (χ2n) is 3.84. The maximum Gasteiger partial charge on any atom is -0.00165 e. The largest absolute Gasteiger partial charge is 0.313 e. The van der Waals surface area contributed by atoms with Crippen molar-refractivity contribution in [3.05, 3.63) is 0 Å². The summed E-state index contributed by atoms with van der Waals surface area (Å²) in [7, 11) is 0. The Labute approximate surface area is 63.3 Å². The van der Waals surface area contributed by atoms with Crippen molar-refractivity contribution in [1.29, 1.82) is 5.41 Å². The Hall–Kier alpha value is -0.330. The van der Waals surface area contributed by atoms with Gasteiger partial charge in [0.2, 0.25) is 0 Å². The molecule has 1 N–H and O–H groups in total. The van der Waals surface area contributed by atoms with Crippen LogP contribution < -0.4 is 0 Å². The molecule has 0 aromatic rings. The summed E-state index contributed by atoms with van der Waals surface area (Å²) < 4.78 is 0. The third-order valence-electron chi connectivity index (χ3n) is 2.45. The SMILES string of the molecule is CC1CC(C)CC(C=N)C1. The van der Waals surface area contributed by atoms with Crippen LogP contribution in [-0.4, -0.2) is 6.21 Å². The standard InChI is InChI=1S/C9H17N/c1-7-3-8(2)5-9(4-7)6-10/h6-10H,3-5H2,1-2H3. The molecule has 1 saturated carbocycles.